The number of nitrogens with zero attached hydrogens (tertiary/aromatic N) is 3. The van der Waals surface area contributed by atoms with Gasteiger partial charge in [-0.2, -0.15) is 5.26 Å². The van der Waals surface area contributed by atoms with Crippen LogP contribution in [0.4, 0.5) is 27.6 Å². The highest BCUT2D eigenvalue weighted by molar-refractivity contribution is 6.04. The molecule has 31 heavy (non-hydrogen) atoms. The summed E-state index contributed by atoms with van der Waals surface area (Å²) < 4.78 is 72.0. The number of hydrogen-bond acceptors (Lipinski definition) is 5. The summed E-state index contributed by atoms with van der Waals surface area (Å²) in [6.45, 7) is -0.345. The second-order valence-corrected chi connectivity index (χ2v) is 7.08. The number of hydrogen-bond donors (Lipinski definition) is 2. The predicted octanol–water partition coefficient (Wildman–Crippen LogP) is 3.74. The van der Waals surface area contributed by atoms with Gasteiger partial charge in [0.15, 0.2) is 17.2 Å². The molecule has 3 rings (SSSR count). The molecule has 0 radical (unpaired) electrons. The van der Waals surface area contributed by atoms with Crippen LogP contribution < -0.4 is 11.1 Å². The number of nitrogens with one attached hydrogen (secondary N) is 1. The van der Waals surface area contributed by atoms with E-state index in [0.717, 1.165) is 6.20 Å². The summed E-state index contributed by atoms with van der Waals surface area (Å²) in [4.78, 5) is 19.8. The lowest BCUT2D eigenvalue weighted by atomic mass is 9.80. The number of aliphatic imine (C=N–C) groups is 1. The zero-order valence-corrected chi connectivity index (χ0v) is 16.1. The Labute approximate surface area is 173 Å². The number of amides is 1. The van der Waals surface area contributed by atoms with Gasteiger partial charge in [0.2, 0.25) is 0 Å². The molecule has 0 saturated heterocycles. The molecule has 6 nitrogen and oxygen atoms in total. The highest BCUT2D eigenvalue weighted by Crippen LogP contribution is 2.48. The first-order chi connectivity index (χ1) is 14.5. The number of nitriles is 1. The topological polar surface area (TPSA) is 104 Å². The Hall–Kier alpha value is -3.55. The smallest absolute Gasteiger partial charge is 0.280 e. The normalized spacial score (nSPS) is 20.0. The molecule has 2 aromatic rings. The van der Waals surface area contributed by atoms with E-state index < -0.39 is 53.3 Å². The average molecular weight is 437 g/mol. The van der Waals surface area contributed by atoms with Crippen LogP contribution in [0.25, 0.3) is 0 Å². The van der Waals surface area contributed by atoms with Crippen molar-refractivity contribution in [2.45, 2.75) is 31.2 Å². The number of halogens is 5. The fourth-order valence-electron chi connectivity index (χ4n) is 3.36. The van der Waals surface area contributed by atoms with E-state index in [1.165, 1.54) is 13.0 Å². The minimum atomic E-state index is -3.86. The van der Waals surface area contributed by atoms with E-state index in [9.17, 15) is 26.7 Å². The molecule has 1 aromatic heterocycles. The van der Waals surface area contributed by atoms with Crippen LogP contribution >= 0.6 is 0 Å². The van der Waals surface area contributed by atoms with Crippen molar-refractivity contribution < 1.29 is 26.7 Å². The first kappa shape index (κ1) is 22.1. The van der Waals surface area contributed by atoms with Crippen molar-refractivity contribution in [1.82, 2.24) is 4.98 Å². The highest BCUT2D eigenvalue weighted by atomic mass is 19.3. The lowest BCUT2D eigenvalue weighted by Crippen LogP contribution is -2.51. The summed E-state index contributed by atoms with van der Waals surface area (Å²) in [6, 6.07) is 4.50. The molecule has 0 saturated carbocycles. The van der Waals surface area contributed by atoms with Crippen molar-refractivity contribution in [2.75, 3.05) is 12.0 Å². The quantitative estimate of drug-likeness (QED) is 0.711. The number of amidine groups is 1. The molecule has 1 unspecified atom stereocenters. The summed E-state index contributed by atoms with van der Waals surface area (Å²) in [5.74, 6) is -8.35. The maximum atomic E-state index is 14.7. The number of alkyl halides is 3. The largest absolute Gasteiger partial charge is 0.387 e. The van der Waals surface area contributed by atoms with Crippen molar-refractivity contribution in [3.05, 3.63) is 58.4 Å². The van der Waals surface area contributed by atoms with Gasteiger partial charge in [0.25, 0.3) is 11.8 Å². The fraction of sp³-hybridized carbons (Fsp3) is 0.300. The molecule has 1 amide bonds. The van der Waals surface area contributed by atoms with Gasteiger partial charge in [-0.15, -0.1) is 0 Å². The SMILES string of the molecule is Cc1cc(C#N)cnc1C(=O)Nc1cc(F)c(F)c(C2(CF)N=C(N)CCC2(F)F)c1. The van der Waals surface area contributed by atoms with E-state index in [1.54, 1.807) is 0 Å². The summed E-state index contributed by atoms with van der Waals surface area (Å²) in [5, 5.41) is 11.1. The molecule has 1 aliphatic rings. The lowest BCUT2D eigenvalue weighted by Gasteiger charge is -2.39. The van der Waals surface area contributed by atoms with Gasteiger partial charge in [-0.25, -0.2) is 26.9 Å². The van der Waals surface area contributed by atoms with Gasteiger partial charge >= 0.3 is 0 Å². The molecule has 1 atom stereocenters. The number of benzene rings is 1. The van der Waals surface area contributed by atoms with Crippen molar-refractivity contribution in [3.63, 3.8) is 0 Å². The van der Waals surface area contributed by atoms with E-state index >= 15 is 0 Å². The van der Waals surface area contributed by atoms with Crippen LogP contribution in [0.15, 0.2) is 29.4 Å². The number of rotatable bonds is 4. The van der Waals surface area contributed by atoms with Crippen LogP contribution in [-0.2, 0) is 5.54 Å². The summed E-state index contributed by atoms with van der Waals surface area (Å²) >= 11 is 0. The summed E-state index contributed by atoms with van der Waals surface area (Å²) in [7, 11) is 0. The number of anilines is 1. The molecule has 1 aromatic carbocycles. The summed E-state index contributed by atoms with van der Waals surface area (Å²) in [6.07, 6.45) is -0.103. The van der Waals surface area contributed by atoms with Gasteiger partial charge in [0.1, 0.15) is 18.4 Å². The van der Waals surface area contributed by atoms with Crippen LogP contribution in [0.3, 0.4) is 0 Å². The lowest BCUT2D eigenvalue weighted by molar-refractivity contribution is -0.0960. The number of carbonyl (C=O) groups is 1. The van der Waals surface area contributed by atoms with Gasteiger partial charge in [0, 0.05) is 36.4 Å². The summed E-state index contributed by atoms with van der Waals surface area (Å²) in [5.41, 5.74) is 1.34. The standard InChI is InChI=1S/C20H16F5N5O/c1-10-4-11(7-26)8-28-17(10)18(31)29-12-5-13(16(23)14(22)6-12)19(9-21)20(24,25)3-2-15(27)30-19/h4-6,8H,2-3,9H2,1H3,(H2,27,30)(H,29,31). The minimum absolute atomic E-state index is 0.129. The molecule has 0 spiro atoms. The minimum Gasteiger partial charge on any atom is -0.387 e. The molecule has 2 heterocycles. The zero-order chi connectivity index (χ0) is 23.0. The van der Waals surface area contributed by atoms with E-state index in [2.05, 4.69) is 15.3 Å². The average Bonchev–Trinajstić information content (AvgIpc) is 2.72. The molecule has 0 bridgehead atoms. The van der Waals surface area contributed by atoms with Gasteiger partial charge in [-0.3, -0.25) is 9.79 Å². The van der Waals surface area contributed by atoms with Gasteiger partial charge in [0.05, 0.1) is 11.4 Å². The molecular weight excluding hydrogens is 421 g/mol. The highest BCUT2D eigenvalue weighted by Gasteiger charge is 2.58. The first-order valence-corrected chi connectivity index (χ1v) is 9.00. The van der Waals surface area contributed by atoms with Crippen LogP contribution in [0.5, 0.6) is 0 Å². The van der Waals surface area contributed by atoms with Crippen molar-refractivity contribution in [2.24, 2.45) is 10.7 Å². The molecule has 162 valence electrons. The second kappa shape index (κ2) is 7.94. The van der Waals surface area contributed by atoms with Crippen LogP contribution in [-0.4, -0.2) is 29.3 Å². The van der Waals surface area contributed by atoms with E-state index in [0.29, 0.717) is 17.7 Å². The Morgan fingerprint density at radius 3 is 2.65 bits per heavy atom. The molecule has 1 aliphatic heterocycles. The van der Waals surface area contributed by atoms with Crippen LogP contribution in [0.2, 0.25) is 0 Å². The van der Waals surface area contributed by atoms with Crippen molar-refractivity contribution in [3.8, 4) is 6.07 Å². The zero-order valence-electron chi connectivity index (χ0n) is 16.1. The number of aromatic nitrogens is 1. The maximum absolute atomic E-state index is 14.7. The Bertz CT molecular complexity index is 1130. The van der Waals surface area contributed by atoms with E-state index in [1.807, 2.05) is 6.07 Å². The Balaban J connectivity index is 2.07. The Kier molecular flexibility index (Phi) is 5.67. The number of nitrogens with two attached hydrogens (primary N) is 1. The third-order valence-electron chi connectivity index (χ3n) is 4.98. The molecule has 0 aliphatic carbocycles. The van der Waals surface area contributed by atoms with Gasteiger partial charge in [-0.05, 0) is 24.6 Å². The van der Waals surface area contributed by atoms with Crippen LogP contribution in [0.1, 0.15) is 40.0 Å². The Morgan fingerprint density at radius 2 is 2.03 bits per heavy atom. The molecule has 3 N–H and O–H groups in total. The van der Waals surface area contributed by atoms with E-state index in [-0.39, 0.29) is 23.5 Å². The maximum Gasteiger partial charge on any atom is 0.280 e. The van der Waals surface area contributed by atoms with Crippen molar-refractivity contribution in [1.29, 1.82) is 5.26 Å². The molecular formula is C20H16F5N5O. The second-order valence-electron chi connectivity index (χ2n) is 7.08. The van der Waals surface area contributed by atoms with Gasteiger partial charge in [-0.1, -0.05) is 0 Å². The molecule has 11 heteroatoms. The Morgan fingerprint density at radius 1 is 1.32 bits per heavy atom. The third-order valence-corrected chi connectivity index (χ3v) is 4.98. The van der Waals surface area contributed by atoms with Crippen LogP contribution in [0, 0.1) is 29.9 Å². The first-order valence-electron chi connectivity index (χ1n) is 9.00. The van der Waals surface area contributed by atoms with E-state index in [4.69, 9.17) is 11.0 Å². The number of pyridine rings is 1. The molecule has 0 fully saturated rings. The third kappa shape index (κ3) is 3.81. The van der Waals surface area contributed by atoms with Crippen molar-refractivity contribution >= 4 is 17.4 Å². The number of carbonyl (C=O) groups excluding carboxylic acids is 1. The number of aryl methyl sites for hydroxylation is 1. The fourth-order valence-corrected chi connectivity index (χ4v) is 3.36. The predicted molar refractivity (Wildman–Crippen MR) is 101 cm³/mol. The van der Waals surface area contributed by atoms with Gasteiger partial charge < -0.3 is 11.1 Å². The monoisotopic (exact) mass is 437 g/mol.